The minimum Gasteiger partial charge on any atom is -0.468 e. The minimum atomic E-state index is -0.918. The fraction of sp³-hybridized carbons (Fsp3) is 0.188. The molecule has 2 aromatic rings. The van der Waals surface area contributed by atoms with Crippen molar-refractivity contribution in [3.8, 4) is 0 Å². The molecule has 2 rings (SSSR count). The van der Waals surface area contributed by atoms with Gasteiger partial charge >= 0.3 is 17.8 Å². The Balaban J connectivity index is 1.89. The summed E-state index contributed by atoms with van der Waals surface area (Å²) >= 11 is 0. The average molecular weight is 360 g/mol. The molecule has 1 aromatic heterocycles. The SMILES string of the molecule is COC(=O)CNC(=O)c1ccc(NC(=O)C(=O)Nc2cc(C)on2)cc1. The van der Waals surface area contributed by atoms with Crippen LogP contribution in [0.1, 0.15) is 16.1 Å². The molecule has 0 bridgehead atoms. The Bertz CT molecular complexity index is 828. The molecular weight excluding hydrogens is 344 g/mol. The summed E-state index contributed by atoms with van der Waals surface area (Å²) in [7, 11) is 1.21. The predicted molar refractivity (Wildman–Crippen MR) is 89.3 cm³/mol. The van der Waals surface area contributed by atoms with Crippen LogP contribution in [-0.4, -0.2) is 42.5 Å². The largest absolute Gasteiger partial charge is 0.468 e. The van der Waals surface area contributed by atoms with E-state index in [9.17, 15) is 19.2 Å². The van der Waals surface area contributed by atoms with E-state index in [2.05, 4.69) is 25.8 Å². The number of anilines is 2. The van der Waals surface area contributed by atoms with Gasteiger partial charge in [0.05, 0.1) is 7.11 Å². The van der Waals surface area contributed by atoms with Crippen LogP contribution < -0.4 is 16.0 Å². The first kappa shape index (κ1) is 18.6. The van der Waals surface area contributed by atoms with Crippen molar-refractivity contribution in [2.24, 2.45) is 0 Å². The van der Waals surface area contributed by atoms with E-state index in [1.54, 1.807) is 6.92 Å². The van der Waals surface area contributed by atoms with Gasteiger partial charge in [0.1, 0.15) is 12.3 Å². The van der Waals surface area contributed by atoms with E-state index < -0.39 is 23.7 Å². The second-order valence-corrected chi connectivity index (χ2v) is 5.07. The Morgan fingerprint density at radius 2 is 1.73 bits per heavy atom. The molecule has 0 saturated carbocycles. The number of ether oxygens (including phenoxy) is 1. The maximum Gasteiger partial charge on any atom is 0.325 e. The van der Waals surface area contributed by atoms with Crippen molar-refractivity contribution in [3.63, 3.8) is 0 Å². The van der Waals surface area contributed by atoms with Gasteiger partial charge in [0.2, 0.25) is 0 Å². The zero-order chi connectivity index (χ0) is 19.1. The molecule has 0 aliphatic carbocycles. The molecular formula is C16H16N4O6. The molecule has 10 heteroatoms. The molecule has 26 heavy (non-hydrogen) atoms. The number of esters is 1. The molecule has 0 unspecified atom stereocenters. The lowest BCUT2D eigenvalue weighted by Gasteiger charge is -2.07. The van der Waals surface area contributed by atoms with E-state index in [1.807, 2.05) is 0 Å². The normalized spacial score (nSPS) is 9.92. The number of aromatic nitrogens is 1. The summed E-state index contributed by atoms with van der Waals surface area (Å²) in [6, 6.07) is 7.21. The Morgan fingerprint density at radius 3 is 2.31 bits per heavy atom. The third-order valence-electron chi connectivity index (χ3n) is 3.10. The quantitative estimate of drug-likeness (QED) is 0.520. The zero-order valence-electron chi connectivity index (χ0n) is 14.0. The summed E-state index contributed by atoms with van der Waals surface area (Å²) in [6.07, 6.45) is 0. The molecule has 3 N–H and O–H groups in total. The highest BCUT2D eigenvalue weighted by atomic mass is 16.5. The molecule has 136 valence electrons. The first-order valence-corrected chi connectivity index (χ1v) is 7.39. The molecule has 0 spiro atoms. The molecule has 1 heterocycles. The maximum absolute atomic E-state index is 11.8. The average Bonchev–Trinajstić information content (AvgIpc) is 3.04. The molecule has 3 amide bonds. The molecule has 0 atom stereocenters. The fourth-order valence-corrected chi connectivity index (χ4v) is 1.82. The topological polar surface area (TPSA) is 140 Å². The lowest BCUT2D eigenvalue weighted by molar-refractivity contribution is -0.139. The molecule has 0 saturated heterocycles. The third kappa shape index (κ3) is 5.16. The van der Waals surface area contributed by atoms with Crippen LogP contribution in [-0.2, 0) is 19.1 Å². The highest BCUT2D eigenvalue weighted by Gasteiger charge is 2.16. The summed E-state index contributed by atoms with van der Waals surface area (Å²) in [5.41, 5.74) is 0.584. The van der Waals surface area contributed by atoms with Crippen molar-refractivity contribution in [2.75, 3.05) is 24.3 Å². The predicted octanol–water partition coefficient (Wildman–Crippen LogP) is 0.463. The first-order valence-electron chi connectivity index (χ1n) is 7.39. The van der Waals surface area contributed by atoms with Crippen molar-refractivity contribution >= 4 is 35.2 Å². The van der Waals surface area contributed by atoms with E-state index in [0.717, 1.165) is 0 Å². The Kier molecular flexibility index (Phi) is 6.04. The second-order valence-electron chi connectivity index (χ2n) is 5.07. The minimum absolute atomic E-state index is 0.125. The Morgan fingerprint density at radius 1 is 1.08 bits per heavy atom. The molecule has 0 aliphatic heterocycles. The van der Waals surface area contributed by atoms with Gasteiger partial charge < -0.3 is 19.9 Å². The van der Waals surface area contributed by atoms with Crippen molar-refractivity contribution in [2.45, 2.75) is 6.92 Å². The number of aryl methyl sites for hydroxylation is 1. The second kappa shape index (κ2) is 8.42. The van der Waals surface area contributed by atoms with Gasteiger partial charge in [-0.25, -0.2) is 0 Å². The van der Waals surface area contributed by atoms with Gasteiger partial charge in [0.25, 0.3) is 5.91 Å². The van der Waals surface area contributed by atoms with E-state index in [0.29, 0.717) is 11.4 Å². The fourth-order valence-electron chi connectivity index (χ4n) is 1.82. The lowest BCUT2D eigenvalue weighted by atomic mass is 10.2. The Hall–Kier alpha value is -3.69. The third-order valence-corrected chi connectivity index (χ3v) is 3.10. The summed E-state index contributed by atoms with van der Waals surface area (Å²) < 4.78 is 9.19. The highest BCUT2D eigenvalue weighted by molar-refractivity contribution is 6.43. The summed E-state index contributed by atoms with van der Waals surface area (Å²) in [4.78, 5) is 46.4. The number of nitrogens with zero attached hydrogens (tertiary/aromatic N) is 1. The first-order chi connectivity index (χ1) is 12.4. The van der Waals surface area contributed by atoms with E-state index in [1.165, 1.54) is 37.4 Å². The Labute approximate surface area is 147 Å². The van der Waals surface area contributed by atoms with Crippen molar-refractivity contribution < 1.29 is 28.4 Å². The van der Waals surface area contributed by atoms with Crippen LogP contribution in [0.15, 0.2) is 34.9 Å². The molecule has 0 aliphatic rings. The van der Waals surface area contributed by atoms with Gasteiger partial charge in [-0.05, 0) is 31.2 Å². The molecule has 0 fully saturated rings. The van der Waals surface area contributed by atoms with Crippen molar-refractivity contribution in [1.82, 2.24) is 10.5 Å². The number of hydrogen-bond acceptors (Lipinski definition) is 7. The maximum atomic E-state index is 11.8. The number of amides is 3. The smallest absolute Gasteiger partial charge is 0.325 e. The van der Waals surface area contributed by atoms with Gasteiger partial charge in [-0.15, -0.1) is 0 Å². The van der Waals surface area contributed by atoms with Crippen molar-refractivity contribution in [1.29, 1.82) is 0 Å². The van der Waals surface area contributed by atoms with E-state index in [4.69, 9.17) is 4.52 Å². The van der Waals surface area contributed by atoms with Gasteiger partial charge in [-0.1, -0.05) is 5.16 Å². The number of carbonyl (C=O) groups is 4. The van der Waals surface area contributed by atoms with Gasteiger partial charge in [-0.3, -0.25) is 24.5 Å². The van der Waals surface area contributed by atoms with Gasteiger partial charge in [0.15, 0.2) is 5.82 Å². The van der Waals surface area contributed by atoms with Gasteiger partial charge in [-0.2, -0.15) is 0 Å². The summed E-state index contributed by atoms with van der Waals surface area (Å²) in [5.74, 6) is -2.27. The number of hydrogen-bond donors (Lipinski definition) is 3. The van der Waals surface area contributed by atoms with E-state index >= 15 is 0 Å². The van der Waals surface area contributed by atoms with Gasteiger partial charge in [0, 0.05) is 17.3 Å². The molecule has 10 nitrogen and oxygen atoms in total. The number of benzene rings is 1. The van der Waals surface area contributed by atoms with Crippen LogP contribution in [0.4, 0.5) is 11.5 Å². The number of methoxy groups -OCH3 is 1. The summed E-state index contributed by atoms with van der Waals surface area (Å²) in [5, 5.41) is 10.6. The van der Waals surface area contributed by atoms with E-state index in [-0.39, 0.29) is 17.9 Å². The van der Waals surface area contributed by atoms with Crippen LogP contribution in [0, 0.1) is 6.92 Å². The standard InChI is InChI=1S/C16H16N4O6/c1-9-7-12(20-26-9)19-16(24)15(23)18-11-5-3-10(4-6-11)14(22)17-8-13(21)25-2/h3-7H,8H2,1-2H3,(H,17,22)(H,18,23)(H,19,20,24). The number of rotatable bonds is 5. The number of nitrogens with one attached hydrogen (secondary N) is 3. The lowest BCUT2D eigenvalue weighted by Crippen LogP contribution is -2.30. The van der Waals surface area contributed by atoms with Crippen molar-refractivity contribution in [3.05, 3.63) is 41.7 Å². The van der Waals surface area contributed by atoms with Crippen LogP contribution in [0.2, 0.25) is 0 Å². The highest BCUT2D eigenvalue weighted by Crippen LogP contribution is 2.11. The van der Waals surface area contributed by atoms with Crippen LogP contribution in [0.5, 0.6) is 0 Å². The molecule has 1 aromatic carbocycles. The number of carbonyl (C=O) groups excluding carboxylic acids is 4. The van der Waals surface area contributed by atoms with Crippen LogP contribution in [0.3, 0.4) is 0 Å². The summed E-state index contributed by atoms with van der Waals surface area (Å²) in [6.45, 7) is 1.39. The monoisotopic (exact) mass is 360 g/mol. The van der Waals surface area contributed by atoms with Crippen LogP contribution in [0.25, 0.3) is 0 Å². The van der Waals surface area contributed by atoms with Crippen LogP contribution >= 0.6 is 0 Å². The zero-order valence-corrected chi connectivity index (χ0v) is 14.0. The molecule has 0 radical (unpaired) electrons.